The molecule has 2 rings (SSSR count). The highest BCUT2D eigenvalue weighted by Crippen LogP contribution is 2.19. The lowest BCUT2D eigenvalue weighted by Crippen LogP contribution is -2.17. The zero-order chi connectivity index (χ0) is 10.5. The van der Waals surface area contributed by atoms with Gasteiger partial charge in [0.2, 0.25) is 0 Å². The lowest BCUT2D eigenvalue weighted by molar-refractivity contribution is 0.0508. The van der Waals surface area contributed by atoms with Crippen LogP contribution in [0.25, 0.3) is 0 Å². The molecule has 84 valence electrons. The molecular weight excluding hydrogens is 208 g/mol. The molecular formula is C12H18O2S. The minimum Gasteiger partial charge on any atom is -0.393 e. The molecule has 0 aromatic carbocycles. The summed E-state index contributed by atoms with van der Waals surface area (Å²) < 4.78 is 5.50. The summed E-state index contributed by atoms with van der Waals surface area (Å²) in [5.74, 6) is 0. The summed E-state index contributed by atoms with van der Waals surface area (Å²) in [5.41, 5.74) is 0. The predicted octanol–water partition coefficient (Wildman–Crippen LogP) is 2.61. The van der Waals surface area contributed by atoms with Crippen molar-refractivity contribution >= 4 is 11.3 Å². The molecule has 0 radical (unpaired) electrons. The van der Waals surface area contributed by atoms with E-state index in [1.54, 1.807) is 11.3 Å². The Kier molecular flexibility index (Phi) is 4.18. The Hall–Kier alpha value is -0.380. The minimum atomic E-state index is -0.199. The topological polar surface area (TPSA) is 29.5 Å². The van der Waals surface area contributed by atoms with Crippen molar-refractivity contribution in [3.05, 3.63) is 22.4 Å². The fourth-order valence-corrected chi connectivity index (χ4v) is 2.74. The molecule has 1 N–H and O–H groups in total. The van der Waals surface area contributed by atoms with Crippen LogP contribution in [0, 0.1) is 0 Å². The third-order valence-electron chi connectivity index (χ3n) is 2.86. The van der Waals surface area contributed by atoms with Gasteiger partial charge in [-0.05, 0) is 43.6 Å². The Morgan fingerprint density at radius 1 is 1.60 bits per heavy atom. The van der Waals surface area contributed by atoms with Gasteiger partial charge in [-0.2, -0.15) is 0 Å². The van der Waals surface area contributed by atoms with E-state index in [4.69, 9.17) is 4.74 Å². The molecule has 1 aliphatic rings. The van der Waals surface area contributed by atoms with Crippen LogP contribution in [0.15, 0.2) is 17.5 Å². The molecule has 1 aromatic heterocycles. The van der Waals surface area contributed by atoms with Crippen molar-refractivity contribution in [2.45, 2.75) is 44.3 Å². The number of aryl methyl sites for hydroxylation is 1. The molecule has 0 aliphatic carbocycles. The van der Waals surface area contributed by atoms with Gasteiger partial charge in [0, 0.05) is 11.5 Å². The third-order valence-corrected chi connectivity index (χ3v) is 3.80. The first-order chi connectivity index (χ1) is 7.34. The zero-order valence-electron chi connectivity index (χ0n) is 8.89. The Morgan fingerprint density at radius 2 is 2.53 bits per heavy atom. The molecule has 15 heavy (non-hydrogen) atoms. The fraction of sp³-hybridized carbons (Fsp3) is 0.667. The van der Waals surface area contributed by atoms with E-state index < -0.39 is 0 Å². The lowest BCUT2D eigenvalue weighted by Gasteiger charge is -2.14. The van der Waals surface area contributed by atoms with Crippen LogP contribution in [0.5, 0.6) is 0 Å². The molecule has 2 heterocycles. The van der Waals surface area contributed by atoms with Gasteiger partial charge in [0.05, 0.1) is 12.2 Å². The normalized spacial score (nSPS) is 23.1. The molecule has 0 bridgehead atoms. The quantitative estimate of drug-likeness (QED) is 0.836. The molecule has 2 nitrogen and oxygen atoms in total. The third kappa shape index (κ3) is 3.59. The Labute approximate surface area is 94.9 Å². The maximum Gasteiger partial charge on any atom is 0.0600 e. The average molecular weight is 226 g/mol. The van der Waals surface area contributed by atoms with E-state index in [2.05, 4.69) is 17.5 Å². The highest BCUT2D eigenvalue weighted by molar-refractivity contribution is 7.09. The van der Waals surface area contributed by atoms with E-state index in [0.29, 0.717) is 6.10 Å². The summed E-state index contributed by atoms with van der Waals surface area (Å²) >= 11 is 1.77. The number of ether oxygens (including phenoxy) is 1. The number of rotatable bonds is 5. The van der Waals surface area contributed by atoms with Crippen molar-refractivity contribution < 1.29 is 9.84 Å². The Morgan fingerprint density at radius 3 is 3.20 bits per heavy atom. The molecule has 1 aromatic rings. The van der Waals surface area contributed by atoms with Crippen LogP contribution < -0.4 is 0 Å². The summed E-state index contributed by atoms with van der Waals surface area (Å²) in [6.45, 7) is 0.877. The summed E-state index contributed by atoms with van der Waals surface area (Å²) in [4.78, 5) is 1.36. The Balaban J connectivity index is 1.66. The number of hydrogen-bond donors (Lipinski definition) is 1. The molecule has 1 saturated heterocycles. The number of aliphatic hydroxyl groups is 1. The zero-order valence-corrected chi connectivity index (χ0v) is 9.71. The molecule has 2 unspecified atom stereocenters. The van der Waals surface area contributed by atoms with E-state index in [1.807, 2.05) is 0 Å². The highest BCUT2D eigenvalue weighted by atomic mass is 32.1. The first-order valence-electron chi connectivity index (χ1n) is 5.66. The van der Waals surface area contributed by atoms with Gasteiger partial charge in [-0.1, -0.05) is 6.07 Å². The first-order valence-corrected chi connectivity index (χ1v) is 6.54. The fourth-order valence-electron chi connectivity index (χ4n) is 2.02. The van der Waals surface area contributed by atoms with Crippen LogP contribution in [-0.4, -0.2) is 23.9 Å². The second-order valence-electron chi connectivity index (χ2n) is 4.14. The van der Waals surface area contributed by atoms with Crippen molar-refractivity contribution in [3.8, 4) is 0 Å². The largest absolute Gasteiger partial charge is 0.393 e. The summed E-state index contributed by atoms with van der Waals surface area (Å²) in [5, 5.41) is 11.9. The van der Waals surface area contributed by atoms with E-state index in [0.717, 1.165) is 38.7 Å². The summed E-state index contributed by atoms with van der Waals surface area (Å²) in [6, 6.07) is 4.19. The molecule has 1 fully saturated rings. The summed E-state index contributed by atoms with van der Waals surface area (Å²) in [7, 11) is 0. The minimum absolute atomic E-state index is 0.199. The van der Waals surface area contributed by atoms with Crippen LogP contribution in [0.3, 0.4) is 0 Å². The van der Waals surface area contributed by atoms with E-state index in [-0.39, 0.29) is 6.10 Å². The van der Waals surface area contributed by atoms with Gasteiger partial charge in [-0.3, -0.25) is 0 Å². The monoisotopic (exact) mass is 226 g/mol. The maximum atomic E-state index is 9.83. The van der Waals surface area contributed by atoms with Crippen molar-refractivity contribution in [1.29, 1.82) is 0 Å². The Bertz CT molecular complexity index is 265. The van der Waals surface area contributed by atoms with Crippen LogP contribution in [0.1, 0.15) is 30.6 Å². The molecule has 3 heteroatoms. The number of thiophene rings is 1. The average Bonchev–Trinajstić information content (AvgIpc) is 2.86. The van der Waals surface area contributed by atoms with Gasteiger partial charge < -0.3 is 9.84 Å². The van der Waals surface area contributed by atoms with Gasteiger partial charge >= 0.3 is 0 Å². The van der Waals surface area contributed by atoms with Gasteiger partial charge in [0.1, 0.15) is 0 Å². The van der Waals surface area contributed by atoms with Crippen LogP contribution in [-0.2, 0) is 11.2 Å². The second kappa shape index (κ2) is 5.64. The van der Waals surface area contributed by atoms with E-state index in [1.165, 1.54) is 4.88 Å². The second-order valence-corrected chi connectivity index (χ2v) is 5.17. The molecule has 1 aliphatic heterocycles. The first kappa shape index (κ1) is 11.1. The van der Waals surface area contributed by atoms with Crippen LogP contribution >= 0.6 is 11.3 Å². The lowest BCUT2D eigenvalue weighted by atomic mass is 10.0. The van der Waals surface area contributed by atoms with Gasteiger partial charge in [0.25, 0.3) is 0 Å². The number of aliphatic hydroxyl groups excluding tert-OH is 1. The predicted molar refractivity (Wildman–Crippen MR) is 62.2 cm³/mol. The smallest absolute Gasteiger partial charge is 0.0600 e. The van der Waals surface area contributed by atoms with Gasteiger partial charge in [0.15, 0.2) is 0 Å². The van der Waals surface area contributed by atoms with Gasteiger partial charge in [-0.15, -0.1) is 11.3 Å². The molecule has 0 saturated carbocycles. The number of hydrogen-bond acceptors (Lipinski definition) is 3. The highest BCUT2D eigenvalue weighted by Gasteiger charge is 2.19. The van der Waals surface area contributed by atoms with Gasteiger partial charge in [-0.25, -0.2) is 0 Å². The summed E-state index contributed by atoms with van der Waals surface area (Å²) in [6.07, 6.45) is 5.05. The van der Waals surface area contributed by atoms with Crippen molar-refractivity contribution in [2.24, 2.45) is 0 Å². The standard InChI is InChI=1S/C12H18O2S/c13-10(9-11-3-1-7-14-11)5-6-12-4-2-8-15-12/h2,4,8,10-11,13H,1,3,5-7,9H2. The van der Waals surface area contributed by atoms with Crippen molar-refractivity contribution in [3.63, 3.8) is 0 Å². The van der Waals surface area contributed by atoms with E-state index >= 15 is 0 Å². The molecule has 0 amide bonds. The maximum absolute atomic E-state index is 9.83. The van der Waals surface area contributed by atoms with Crippen molar-refractivity contribution in [1.82, 2.24) is 0 Å². The molecule has 0 spiro atoms. The van der Waals surface area contributed by atoms with E-state index in [9.17, 15) is 5.11 Å². The van der Waals surface area contributed by atoms with Crippen LogP contribution in [0.4, 0.5) is 0 Å². The van der Waals surface area contributed by atoms with Crippen molar-refractivity contribution in [2.75, 3.05) is 6.61 Å². The van der Waals surface area contributed by atoms with Crippen LogP contribution in [0.2, 0.25) is 0 Å². The molecule has 2 atom stereocenters. The SMILES string of the molecule is OC(CCc1cccs1)CC1CCCO1.